The molecule has 1 fully saturated rings. The lowest BCUT2D eigenvalue weighted by Crippen LogP contribution is -2.47. The van der Waals surface area contributed by atoms with Gasteiger partial charge in [0.2, 0.25) is 11.5 Å². The van der Waals surface area contributed by atoms with Gasteiger partial charge < -0.3 is 30.4 Å². The van der Waals surface area contributed by atoms with Gasteiger partial charge >= 0.3 is 0 Å². The number of hydrogen-bond donors (Lipinski definition) is 5. The van der Waals surface area contributed by atoms with Gasteiger partial charge in [0.1, 0.15) is 12.2 Å². The topological polar surface area (TPSA) is 147 Å². The lowest BCUT2D eigenvalue weighted by molar-refractivity contribution is -0.0844. The van der Waals surface area contributed by atoms with Gasteiger partial charge in [0.05, 0.1) is 11.5 Å². The molecular formula is C14H15ClN4O5. The minimum Gasteiger partial charge on any atom is -0.391 e. The molecule has 1 aliphatic rings. The Hall–Kier alpha value is -2.09. The summed E-state index contributed by atoms with van der Waals surface area (Å²) in [5.41, 5.74) is 3.11. The van der Waals surface area contributed by atoms with Crippen LogP contribution in [0.15, 0.2) is 17.1 Å². The molecule has 0 amide bonds. The second-order valence-electron chi connectivity index (χ2n) is 5.59. The van der Waals surface area contributed by atoms with Crippen LogP contribution >= 0.6 is 11.6 Å². The summed E-state index contributed by atoms with van der Waals surface area (Å²) in [7, 11) is 0. The van der Waals surface area contributed by atoms with Gasteiger partial charge in [0.25, 0.3) is 5.56 Å². The van der Waals surface area contributed by atoms with Crippen LogP contribution in [0.1, 0.15) is 13.2 Å². The smallest absolute Gasteiger partial charge is 0.261 e. The van der Waals surface area contributed by atoms with Gasteiger partial charge in [-0.15, -0.1) is 0 Å². The summed E-state index contributed by atoms with van der Waals surface area (Å²) >= 11 is 5.41. The number of halogens is 1. The van der Waals surface area contributed by atoms with E-state index in [1.807, 2.05) is 5.38 Å². The number of aromatic amines is 1. The van der Waals surface area contributed by atoms with Crippen LogP contribution in [0.25, 0.3) is 11.0 Å². The monoisotopic (exact) mass is 354 g/mol. The maximum atomic E-state index is 11.9. The maximum Gasteiger partial charge on any atom is 0.261 e. The van der Waals surface area contributed by atoms with Crippen molar-refractivity contribution >= 4 is 28.6 Å². The summed E-state index contributed by atoms with van der Waals surface area (Å²) in [6.45, 7) is 1.40. The highest BCUT2D eigenvalue weighted by Crippen LogP contribution is 2.40. The first kappa shape index (κ1) is 16.8. The normalized spacial score (nSPS) is 31.0. The number of aromatic nitrogens is 3. The predicted octanol–water partition coefficient (Wildman–Crippen LogP) is -1.12. The Morgan fingerprint density at radius 1 is 1.62 bits per heavy atom. The molecule has 2 aromatic heterocycles. The SMILES string of the molecule is C[C@H](O)[C@H]1O[C@@H](n2ccc3c(=O)[nH]c(N)nc32)[C@@](O)(C#CCl)C1O. The number of nitrogen functional groups attached to an aromatic ring is 1. The molecule has 0 saturated carbocycles. The molecule has 0 spiro atoms. The molecule has 0 bridgehead atoms. The van der Waals surface area contributed by atoms with Crippen LogP contribution < -0.4 is 11.3 Å². The van der Waals surface area contributed by atoms with E-state index < -0.39 is 35.7 Å². The van der Waals surface area contributed by atoms with E-state index in [1.165, 1.54) is 23.8 Å². The molecule has 1 aliphatic heterocycles. The standard InChI is InChI=1S/C14H15ClN4O5/c1-6(20)8-9(21)14(23,3-4-15)12(24-8)19-5-2-7-10(19)17-13(16)18-11(7)22/h2,5-6,8-9,12,20-21,23H,1H3,(H3,16,17,18,22)/t6-,8+,9?,12+,14+/m0/s1. The van der Waals surface area contributed by atoms with Gasteiger partial charge in [-0.1, -0.05) is 0 Å². The first-order valence-corrected chi connectivity index (χ1v) is 7.40. The summed E-state index contributed by atoms with van der Waals surface area (Å²) in [6.07, 6.45) is -3.56. The second-order valence-corrected chi connectivity index (χ2v) is 5.78. The minimum atomic E-state index is -2.12. The van der Waals surface area contributed by atoms with Crippen molar-refractivity contribution in [3.8, 4) is 11.3 Å². The first-order chi connectivity index (χ1) is 11.3. The number of H-pyrrole nitrogens is 1. The average molecular weight is 355 g/mol. The molecule has 1 unspecified atom stereocenters. The van der Waals surface area contributed by atoms with E-state index in [1.54, 1.807) is 0 Å². The van der Waals surface area contributed by atoms with Crippen molar-refractivity contribution < 1.29 is 20.1 Å². The third-order valence-corrected chi connectivity index (χ3v) is 4.09. The fourth-order valence-electron chi connectivity index (χ4n) is 2.84. The fourth-order valence-corrected chi connectivity index (χ4v) is 2.99. The molecule has 3 heterocycles. The van der Waals surface area contributed by atoms with Gasteiger partial charge in [-0.3, -0.25) is 9.78 Å². The Labute approximate surface area is 140 Å². The van der Waals surface area contributed by atoms with Crippen molar-refractivity contribution in [1.29, 1.82) is 0 Å². The van der Waals surface area contributed by atoms with Gasteiger partial charge in [-0.05, 0) is 30.5 Å². The zero-order chi connectivity index (χ0) is 17.6. The summed E-state index contributed by atoms with van der Waals surface area (Å²) < 4.78 is 6.91. The van der Waals surface area contributed by atoms with E-state index in [0.717, 1.165) is 0 Å². The molecule has 0 aliphatic carbocycles. The van der Waals surface area contributed by atoms with Crippen molar-refractivity contribution in [3.05, 3.63) is 22.6 Å². The summed E-state index contributed by atoms with van der Waals surface area (Å²) in [6, 6.07) is 1.46. The Balaban J connectivity index is 2.20. The Bertz CT molecular complexity index is 898. The van der Waals surface area contributed by atoms with Crippen molar-refractivity contribution in [1.82, 2.24) is 14.5 Å². The Kier molecular flexibility index (Phi) is 4.03. The van der Waals surface area contributed by atoms with Crippen molar-refractivity contribution in [2.24, 2.45) is 0 Å². The number of nitrogens with two attached hydrogens (primary N) is 1. The highest BCUT2D eigenvalue weighted by atomic mass is 35.5. The summed E-state index contributed by atoms with van der Waals surface area (Å²) in [5.74, 6) is 2.19. The fraction of sp³-hybridized carbons (Fsp3) is 0.429. The highest BCUT2D eigenvalue weighted by Gasteiger charge is 2.57. The van der Waals surface area contributed by atoms with E-state index in [4.69, 9.17) is 22.1 Å². The Morgan fingerprint density at radius 3 is 2.96 bits per heavy atom. The molecule has 128 valence electrons. The summed E-state index contributed by atoms with van der Waals surface area (Å²) in [4.78, 5) is 18.3. The van der Waals surface area contributed by atoms with Crippen LogP contribution in [0.2, 0.25) is 0 Å². The van der Waals surface area contributed by atoms with E-state index in [-0.39, 0.29) is 17.0 Å². The molecule has 0 aromatic carbocycles. The molecule has 0 radical (unpaired) electrons. The minimum absolute atomic E-state index is 0.120. The van der Waals surface area contributed by atoms with Crippen molar-refractivity contribution in [2.45, 2.75) is 37.1 Å². The van der Waals surface area contributed by atoms with Crippen molar-refractivity contribution in [2.75, 3.05) is 5.73 Å². The van der Waals surface area contributed by atoms with E-state index >= 15 is 0 Å². The van der Waals surface area contributed by atoms with Gasteiger partial charge in [-0.2, -0.15) is 4.98 Å². The molecule has 9 nitrogen and oxygen atoms in total. The zero-order valence-corrected chi connectivity index (χ0v) is 13.2. The van der Waals surface area contributed by atoms with Gasteiger partial charge in [0, 0.05) is 11.6 Å². The number of nitrogens with zero attached hydrogens (tertiary/aromatic N) is 2. The second kappa shape index (κ2) is 5.77. The number of hydrogen-bond acceptors (Lipinski definition) is 7. The molecule has 24 heavy (non-hydrogen) atoms. The number of nitrogens with one attached hydrogen (secondary N) is 1. The van der Waals surface area contributed by atoms with Gasteiger partial charge in [0.15, 0.2) is 11.9 Å². The number of ether oxygens (including phenoxy) is 1. The number of aliphatic hydroxyl groups is 3. The number of aliphatic hydroxyl groups excluding tert-OH is 2. The average Bonchev–Trinajstić information content (AvgIpc) is 3.00. The molecule has 10 heteroatoms. The highest BCUT2D eigenvalue weighted by molar-refractivity contribution is 6.30. The van der Waals surface area contributed by atoms with E-state index in [2.05, 4.69) is 15.9 Å². The largest absolute Gasteiger partial charge is 0.391 e. The molecule has 6 N–H and O–H groups in total. The lowest BCUT2D eigenvalue weighted by Gasteiger charge is -2.26. The van der Waals surface area contributed by atoms with Gasteiger partial charge in [-0.25, -0.2) is 0 Å². The molecular weight excluding hydrogens is 340 g/mol. The van der Waals surface area contributed by atoms with Crippen LogP contribution in [0.3, 0.4) is 0 Å². The zero-order valence-electron chi connectivity index (χ0n) is 12.5. The number of fused-ring (bicyclic) bond motifs is 1. The van der Waals surface area contributed by atoms with Crippen LogP contribution in [0.5, 0.6) is 0 Å². The molecule has 5 atom stereocenters. The molecule has 1 saturated heterocycles. The molecule has 3 rings (SSSR count). The number of anilines is 1. The Morgan fingerprint density at radius 2 is 2.33 bits per heavy atom. The predicted molar refractivity (Wildman–Crippen MR) is 84.9 cm³/mol. The first-order valence-electron chi connectivity index (χ1n) is 7.02. The summed E-state index contributed by atoms with van der Waals surface area (Å²) in [5, 5.41) is 33.1. The van der Waals surface area contributed by atoms with Crippen LogP contribution in [0, 0.1) is 11.3 Å². The van der Waals surface area contributed by atoms with Crippen LogP contribution in [-0.2, 0) is 4.74 Å². The molecule has 2 aromatic rings. The van der Waals surface area contributed by atoms with Crippen molar-refractivity contribution in [3.63, 3.8) is 0 Å². The van der Waals surface area contributed by atoms with Crippen LogP contribution in [0.4, 0.5) is 5.95 Å². The maximum absolute atomic E-state index is 11.9. The van der Waals surface area contributed by atoms with E-state index in [0.29, 0.717) is 0 Å². The quantitative estimate of drug-likeness (QED) is 0.429. The van der Waals surface area contributed by atoms with E-state index in [9.17, 15) is 20.1 Å². The van der Waals surface area contributed by atoms with Crippen LogP contribution in [-0.4, -0.2) is 53.8 Å². The third-order valence-electron chi connectivity index (χ3n) is 4.00. The number of rotatable bonds is 2. The lowest BCUT2D eigenvalue weighted by atomic mass is 9.93. The third kappa shape index (κ3) is 2.36.